The summed E-state index contributed by atoms with van der Waals surface area (Å²) in [6.07, 6.45) is 4.14. The zero-order valence-corrected chi connectivity index (χ0v) is 10.0. The van der Waals surface area contributed by atoms with E-state index in [1.807, 2.05) is 0 Å². The van der Waals surface area contributed by atoms with Crippen LogP contribution in [0, 0.1) is 11.8 Å². The van der Waals surface area contributed by atoms with Gasteiger partial charge in [0.05, 0.1) is 12.5 Å². The summed E-state index contributed by atoms with van der Waals surface area (Å²) in [6.45, 7) is 8.87. The van der Waals surface area contributed by atoms with Gasteiger partial charge in [-0.15, -0.1) is 0 Å². The fraction of sp³-hybridized carbons (Fsp3) is 0.917. The molecule has 0 radical (unpaired) electrons. The first-order valence-corrected chi connectivity index (χ1v) is 5.78. The number of esters is 1. The van der Waals surface area contributed by atoms with Gasteiger partial charge in [-0.25, -0.2) is 0 Å². The summed E-state index contributed by atoms with van der Waals surface area (Å²) in [4.78, 5) is 11.6. The lowest BCUT2D eigenvalue weighted by molar-refractivity contribution is -0.150. The van der Waals surface area contributed by atoms with Crippen molar-refractivity contribution in [1.29, 1.82) is 0 Å². The van der Waals surface area contributed by atoms with Crippen LogP contribution >= 0.6 is 0 Å². The third-order valence-electron chi connectivity index (χ3n) is 2.29. The third-order valence-corrected chi connectivity index (χ3v) is 2.29. The topological polar surface area (TPSA) is 26.3 Å². The molecule has 0 aliphatic carbocycles. The normalized spacial score (nSPS) is 12.9. The van der Waals surface area contributed by atoms with Gasteiger partial charge in [0.1, 0.15) is 0 Å². The molecule has 0 aliphatic rings. The Morgan fingerprint density at radius 1 is 1.29 bits per heavy atom. The molecular weight excluding hydrogens is 176 g/mol. The van der Waals surface area contributed by atoms with Crippen molar-refractivity contribution >= 4 is 5.97 Å². The van der Waals surface area contributed by atoms with E-state index in [0.29, 0.717) is 12.5 Å². The Morgan fingerprint density at radius 3 is 2.36 bits per heavy atom. The number of carbonyl (C=O) groups excluding carboxylic acids is 1. The minimum absolute atomic E-state index is 0.00495. The van der Waals surface area contributed by atoms with Crippen molar-refractivity contribution in [3.05, 3.63) is 0 Å². The minimum atomic E-state index is -0.00495. The molecule has 0 aromatic carbocycles. The maximum Gasteiger partial charge on any atom is 0.308 e. The fourth-order valence-electron chi connectivity index (χ4n) is 1.31. The molecule has 0 amide bonds. The average Bonchev–Trinajstić information content (AvgIpc) is 2.16. The van der Waals surface area contributed by atoms with Crippen LogP contribution in [0.2, 0.25) is 0 Å². The van der Waals surface area contributed by atoms with E-state index in [9.17, 15) is 4.79 Å². The summed E-state index contributed by atoms with van der Waals surface area (Å²) >= 11 is 0. The molecule has 0 aromatic heterocycles. The van der Waals surface area contributed by atoms with Crippen LogP contribution in [0.15, 0.2) is 0 Å². The first-order chi connectivity index (χ1) is 6.61. The SMILES string of the molecule is CCCCC(CC)C(=O)OCC(C)C. The number of rotatable bonds is 7. The molecule has 1 unspecified atom stereocenters. The summed E-state index contributed by atoms with van der Waals surface area (Å²) < 4.78 is 5.21. The van der Waals surface area contributed by atoms with Crippen molar-refractivity contribution in [2.45, 2.75) is 53.4 Å². The smallest absolute Gasteiger partial charge is 0.308 e. The molecule has 2 heteroatoms. The summed E-state index contributed by atoms with van der Waals surface area (Å²) in [5.41, 5.74) is 0. The van der Waals surface area contributed by atoms with E-state index in [1.54, 1.807) is 0 Å². The predicted octanol–water partition coefficient (Wildman–Crippen LogP) is 3.40. The molecular formula is C12H24O2. The zero-order valence-electron chi connectivity index (χ0n) is 10.0. The van der Waals surface area contributed by atoms with Gasteiger partial charge in [-0.3, -0.25) is 4.79 Å². The van der Waals surface area contributed by atoms with Crippen molar-refractivity contribution in [2.75, 3.05) is 6.61 Å². The van der Waals surface area contributed by atoms with Crippen molar-refractivity contribution in [3.63, 3.8) is 0 Å². The highest BCUT2D eigenvalue weighted by atomic mass is 16.5. The molecule has 0 bridgehead atoms. The van der Waals surface area contributed by atoms with E-state index in [1.165, 1.54) is 0 Å². The van der Waals surface area contributed by atoms with Gasteiger partial charge in [-0.1, -0.05) is 40.5 Å². The Morgan fingerprint density at radius 2 is 1.93 bits per heavy atom. The van der Waals surface area contributed by atoms with Crippen LogP contribution in [0.1, 0.15) is 53.4 Å². The first-order valence-electron chi connectivity index (χ1n) is 5.78. The molecule has 84 valence electrons. The Labute approximate surface area is 88.0 Å². The van der Waals surface area contributed by atoms with E-state index in [2.05, 4.69) is 27.7 Å². The third kappa shape index (κ3) is 6.01. The van der Waals surface area contributed by atoms with Crippen molar-refractivity contribution in [2.24, 2.45) is 11.8 Å². The van der Waals surface area contributed by atoms with Gasteiger partial charge in [0.2, 0.25) is 0 Å². The highest BCUT2D eigenvalue weighted by Gasteiger charge is 2.17. The highest BCUT2D eigenvalue weighted by molar-refractivity contribution is 5.72. The molecule has 0 saturated carbocycles. The Kier molecular flexibility index (Phi) is 7.54. The van der Waals surface area contributed by atoms with Gasteiger partial charge in [0.15, 0.2) is 0 Å². The maximum atomic E-state index is 11.6. The number of carbonyl (C=O) groups is 1. The van der Waals surface area contributed by atoms with E-state index in [-0.39, 0.29) is 11.9 Å². The predicted molar refractivity (Wildman–Crippen MR) is 59.1 cm³/mol. The molecule has 0 rings (SSSR count). The molecule has 0 fully saturated rings. The van der Waals surface area contributed by atoms with Crippen LogP contribution < -0.4 is 0 Å². The van der Waals surface area contributed by atoms with Gasteiger partial charge >= 0.3 is 5.97 Å². The molecule has 0 saturated heterocycles. The van der Waals surface area contributed by atoms with Gasteiger partial charge < -0.3 is 4.74 Å². The van der Waals surface area contributed by atoms with Gasteiger partial charge in [-0.05, 0) is 18.8 Å². The largest absolute Gasteiger partial charge is 0.465 e. The molecule has 1 atom stereocenters. The van der Waals surface area contributed by atoms with E-state index >= 15 is 0 Å². The van der Waals surface area contributed by atoms with Crippen LogP contribution in [0.25, 0.3) is 0 Å². The molecule has 0 aromatic rings. The number of hydrogen-bond acceptors (Lipinski definition) is 2. The molecule has 14 heavy (non-hydrogen) atoms. The minimum Gasteiger partial charge on any atom is -0.465 e. The molecule has 0 N–H and O–H groups in total. The Bertz CT molecular complexity index is 152. The van der Waals surface area contributed by atoms with E-state index in [0.717, 1.165) is 25.7 Å². The van der Waals surface area contributed by atoms with Crippen molar-refractivity contribution in [3.8, 4) is 0 Å². The van der Waals surface area contributed by atoms with Gasteiger partial charge in [0.25, 0.3) is 0 Å². The average molecular weight is 200 g/mol. The second kappa shape index (κ2) is 7.84. The van der Waals surface area contributed by atoms with E-state index in [4.69, 9.17) is 4.74 Å². The van der Waals surface area contributed by atoms with Gasteiger partial charge in [-0.2, -0.15) is 0 Å². The summed E-state index contributed by atoms with van der Waals surface area (Å²) in [5.74, 6) is 0.547. The number of unbranched alkanes of at least 4 members (excludes halogenated alkanes) is 1. The second-order valence-electron chi connectivity index (χ2n) is 4.27. The quantitative estimate of drug-likeness (QED) is 0.589. The zero-order chi connectivity index (χ0) is 11.0. The lowest BCUT2D eigenvalue weighted by Gasteiger charge is -2.14. The van der Waals surface area contributed by atoms with Crippen LogP contribution in [0.4, 0.5) is 0 Å². The van der Waals surface area contributed by atoms with Crippen LogP contribution in [-0.2, 0) is 9.53 Å². The maximum absolute atomic E-state index is 11.6. The number of hydrogen-bond donors (Lipinski definition) is 0. The summed E-state index contributed by atoms with van der Waals surface area (Å²) in [5, 5.41) is 0. The van der Waals surface area contributed by atoms with Gasteiger partial charge in [0, 0.05) is 0 Å². The Hall–Kier alpha value is -0.530. The standard InChI is InChI=1S/C12H24O2/c1-5-7-8-11(6-2)12(13)14-9-10(3)4/h10-11H,5-9H2,1-4H3. The van der Waals surface area contributed by atoms with Crippen LogP contribution in [0.5, 0.6) is 0 Å². The van der Waals surface area contributed by atoms with Crippen LogP contribution in [0.3, 0.4) is 0 Å². The molecule has 0 aliphatic heterocycles. The molecule has 0 spiro atoms. The molecule has 0 heterocycles. The van der Waals surface area contributed by atoms with E-state index < -0.39 is 0 Å². The van der Waals surface area contributed by atoms with Crippen molar-refractivity contribution < 1.29 is 9.53 Å². The number of ether oxygens (including phenoxy) is 1. The summed E-state index contributed by atoms with van der Waals surface area (Å²) in [6, 6.07) is 0. The second-order valence-corrected chi connectivity index (χ2v) is 4.27. The highest BCUT2D eigenvalue weighted by Crippen LogP contribution is 2.14. The molecule has 2 nitrogen and oxygen atoms in total. The van der Waals surface area contributed by atoms with Crippen LogP contribution in [-0.4, -0.2) is 12.6 Å². The summed E-state index contributed by atoms with van der Waals surface area (Å²) in [7, 11) is 0. The van der Waals surface area contributed by atoms with Crippen molar-refractivity contribution in [1.82, 2.24) is 0 Å². The lowest BCUT2D eigenvalue weighted by Crippen LogP contribution is -2.19. The monoisotopic (exact) mass is 200 g/mol. The Balaban J connectivity index is 3.79. The fourth-order valence-corrected chi connectivity index (χ4v) is 1.31. The lowest BCUT2D eigenvalue weighted by atomic mass is 10.00. The first kappa shape index (κ1) is 13.5.